The maximum Gasteiger partial charge on any atom is 0.230 e. The van der Waals surface area contributed by atoms with E-state index >= 15 is 0 Å². The van der Waals surface area contributed by atoms with Gasteiger partial charge in [0.15, 0.2) is 10.3 Å². The van der Waals surface area contributed by atoms with E-state index in [0.717, 1.165) is 22.5 Å². The molecule has 0 aliphatic carbocycles. The van der Waals surface area contributed by atoms with Gasteiger partial charge in [-0.25, -0.2) is 15.0 Å². The number of thioether (sulfide) groups is 1. The van der Waals surface area contributed by atoms with E-state index in [0.29, 0.717) is 32.6 Å². The number of anilines is 3. The summed E-state index contributed by atoms with van der Waals surface area (Å²) in [5.41, 5.74) is 10.1. The Morgan fingerprint density at radius 3 is 2.61 bits per heavy atom. The smallest absolute Gasteiger partial charge is 0.230 e. The van der Waals surface area contributed by atoms with Crippen molar-refractivity contribution in [3.05, 3.63) is 51.1 Å². The van der Waals surface area contributed by atoms with Gasteiger partial charge in [-0.05, 0) is 38.0 Å². The van der Waals surface area contributed by atoms with Crippen molar-refractivity contribution >= 4 is 57.2 Å². The second-order valence-electron chi connectivity index (χ2n) is 6.39. The molecule has 6 nitrogen and oxygen atoms in total. The number of nitrogen functional groups attached to an aromatic ring is 1. The van der Waals surface area contributed by atoms with Crippen LogP contribution in [0, 0.1) is 20.8 Å². The molecule has 0 saturated heterocycles. The number of halogens is 1. The minimum absolute atomic E-state index is 0.141. The normalized spacial score (nSPS) is 10.9. The summed E-state index contributed by atoms with van der Waals surface area (Å²) < 4.78 is 0. The van der Waals surface area contributed by atoms with E-state index in [4.69, 9.17) is 17.3 Å². The third-order valence-corrected chi connectivity index (χ3v) is 5.91. The van der Waals surface area contributed by atoms with Gasteiger partial charge in [0.1, 0.15) is 5.82 Å². The summed E-state index contributed by atoms with van der Waals surface area (Å²) in [6, 6.07) is 5.58. The molecule has 3 rings (SSSR count). The quantitative estimate of drug-likeness (QED) is 0.446. The first-order chi connectivity index (χ1) is 13.2. The Kier molecular flexibility index (Phi) is 6.22. The van der Waals surface area contributed by atoms with E-state index in [1.54, 1.807) is 11.0 Å². The first-order valence-electron chi connectivity index (χ1n) is 8.50. The van der Waals surface area contributed by atoms with Crippen molar-refractivity contribution in [3.8, 4) is 0 Å². The van der Waals surface area contributed by atoms with Crippen LogP contribution in [0.25, 0.3) is 0 Å². The number of nitrogens with two attached hydrogens (primary N) is 1. The largest absolute Gasteiger partial charge is 0.384 e. The van der Waals surface area contributed by atoms with Gasteiger partial charge in [0.25, 0.3) is 0 Å². The average molecular weight is 434 g/mol. The summed E-state index contributed by atoms with van der Waals surface area (Å²) in [5.74, 6) is 0.879. The number of carbonyl (C=O) groups is 1. The van der Waals surface area contributed by atoms with Gasteiger partial charge in [0.2, 0.25) is 5.91 Å². The number of hydrogen-bond donors (Lipinski definition) is 1. The first kappa shape index (κ1) is 20.6. The number of amides is 1. The maximum atomic E-state index is 12.4. The summed E-state index contributed by atoms with van der Waals surface area (Å²) in [4.78, 5) is 27.2. The molecule has 0 radical (unpaired) electrons. The van der Waals surface area contributed by atoms with Crippen LogP contribution >= 0.6 is 34.7 Å². The molecule has 0 atom stereocenters. The molecule has 9 heteroatoms. The van der Waals surface area contributed by atoms with Gasteiger partial charge in [-0.2, -0.15) is 0 Å². The molecule has 146 valence electrons. The highest BCUT2D eigenvalue weighted by Crippen LogP contribution is 2.37. The van der Waals surface area contributed by atoms with E-state index in [1.165, 1.54) is 30.0 Å². The van der Waals surface area contributed by atoms with Gasteiger partial charge in [-0.3, -0.25) is 9.69 Å². The van der Waals surface area contributed by atoms with Crippen molar-refractivity contribution in [2.75, 3.05) is 10.6 Å². The van der Waals surface area contributed by atoms with Crippen LogP contribution in [0.2, 0.25) is 5.02 Å². The van der Waals surface area contributed by atoms with Gasteiger partial charge in [0, 0.05) is 29.8 Å². The molecule has 0 bridgehead atoms. The molecule has 2 N–H and O–H groups in total. The zero-order chi connectivity index (χ0) is 20.4. The Balaban J connectivity index is 1.85. The molecule has 1 aromatic carbocycles. The maximum absolute atomic E-state index is 12.4. The van der Waals surface area contributed by atoms with Gasteiger partial charge < -0.3 is 5.73 Å². The van der Waals surface area contributed by atoms with Crippen LogP contribution < -0.4 is 10.6 Å². The fourth-order valence-corrected chi connectivity index (χ4v) is 5.00. The number of thiazole rings is 1. The third kappa shape index (κ3) is 4.63. The number of benzene rings is 1. The van der Waals surface area contributed by atoms with Crippen LogP contribution in [0.1, 0.15) is 29.4 Å². The SMILES string of the molecule is CC(=O)N(c1nc(CSc2nc(C)cc(N)n2)cs1)c1c(C)cc(C)cc1Cl. The first-order valence-corrected chi connectivity index (χ1v) is 10.7. The van der Waals surface area contributed by atoms with Crippen molar-refractivity contribution in [1.82, 2.24) is 15.0 Å². The molecule has 2 heterocycles. The molecule has 0 saturated carbocycles. The zero-order valence-electron chi connectivity index (χ0n) is 16.0. The highest BCUT2D eigenvalue weighted by atomic mass is 35.5. The standard InChI is InChI=1S/C19H20ClN5OS2/c1-10-5-11(2)17(15(20)6-10)25(13(4)26)19-23-14(9-28-19)8-27-18-22-12(3)7-16(21)24-18/h5-7,9H,8H2,1-4H3,(H2,21,22,24). The van der Waals surface area contributed by atoms with Crippen LogP contribution in [0.5, 0.6) is 0 Å². The van der Waals surface area contributed by atoms with E-state index in [1.807, 2.05) is 38.3 Å². The number of aromatic nitrogens is 3. The highest BCUT2D eigenvalue weighted by molar-refractivity contribution is 7.98. The molecule has 0 aliphatic rings. The lowest BCUT2D eigenvalue weighted by atomic mass is 10.1. The fourth-order valence-electron chi connectivity index (χ4n) is 2.81. The third-order valence-electron chi connectivity index (χ3n) is 3.87. The van der Waals surface area contributed by atoms with Gasteiger partial charge in [0.05, 0.1) is 16.4 Å². The van der Waals surface area contributed by atoms with E-state index in [9.17, 15) is 4.79 Å². The van der Waals surface area contributed by atoms with Crippen LogP contribution in [-0.2, 0) is 10.5 Å². The zero-order valence-corrected chi connectivity index (χ0v) is 18.4. The van der Waals surface area contributed by atoms with E-state index in [2.05, 4.69) is 15.0 Å². The van der Waals surface area contributed by atoms with Crippen molar-refractivity contribution in [1.29, 1.82) is 0 Å². The molecule has 28 heavy (non-hydrogen) atoms. The van der Waals surface area contributed by atoms with Crippen LogP contribution in [-0.4, -0.2) is 20.9 Å². The summed E-state index contributed by atoms with van der Waals surface area (Å²) in [6.45, 7) is 7.30. The Bertz CT molecular complexity index is 994. The van der Waals surface area contributed by atoms with Crippen molar-refractivity contribution in [3.63, 3.8) is 0 Å². The van der Waals surface area contributed by atoms with Gasteiger partial charge in [-0.1, -0.05) is 29.4 Å². The Hall–Kier alpha value is -2.16. The predicted octanol–water partition coefficient (Wildman–Crippen LogP) is 5.07. The lowest BCUT2D eigenvalue weighted by molar-refractivity contribution is -0.115. The lowest BCUT2D eigenvalue weighted by Crippen LogP contribution is -2.24. The van der Waals surface area contributed by atoms with Gasteiger partial charge in [-0.15, -0.1) is 11.3 Å². The molecule has 0 unspecified atom stereocenters. The van der Waals surface area contributed by atoms with Crippen molar-refractivity contribution < 1.29 is 4.79 Å². The molecular formula is C19H20ClN5OS2. The van der Waals surface area contributed by atoms with Crippen LogP contribution in [0.4, 0.5) is 16.6 Å². The summed E-state index contributed by atoms with van der Waals surface area (Å²) in [6.07, 6.45) is 0. The number of carbonyl (C=O) groups excluding carboxylic acids is 1. The van der Waals surface area contributed by atoms with Crippen LogP contribution in [0.15, 0.2) is 28.7 Å². The number of rotatable bonds is 5. The molecule has 0 aliphatic heterocycles. The second kappa shape index (κ2) is 8.46. The second-order valence-corrected chi connectivity index (χ2v) is 8.58. The fraction of sp³-hybridized carbons (Fsp3) is 0.263. The topological polar surface area (TPSA) is 85.0 Å². The van der Waals surface area contributed by atoms with E-state index in [-0.39, 0.29) is 5.91 Å². The molecule has 0 spiro atoms. The molecule has 0 fully saturated rings. The van der Waals surface area contributed by atoms with Crippen molar-refractivity contribution in [2.24, 2.45) is 0 Å². The number of aryl methyl sites for hydroxylation is 3. The molecule has 2 aromatic heterocycles. The summed E-state index contributed by atoms with van der Waals surface area (Å²) in [7, 11) is 0. The highest BCUT2D eigenvalue weighted by Gasteiger charge is 2.22. The molecule has 3 aromatic rings. The molecule has 1 amide bonds. The minimum atomic E-state index is -0.141. The van der Waals surface area contributed by atoms with E-state index < -0.39 is 0 Å². The lowest BCUT2D eigenvalue weighted by Gasteiger charge is -2.22. The Morgan fingerprint density at radius 1 is 1.21 bits per heavy atom. The Labute approximate surface area is 177 Å². The number of hydrogen-bond acceptors (Lipinski definition) is 7. The van der Waals surface area contributed by atoms with Crippen LogP contribution in [0.3, 0.4) is 0 Å². The number of nitrogens with zero attached hydrogens (tertiary/aromatic N) is 4. The molecular weight excluding hydrogens is 414 g/mol. The Morgan fingerprint density at radius 2 is 1.96 bits per heavy atom. The van der Waals surface area contributed by atoms with Crippen molar-refractivity contribution in [2.45, 2.75) is 38.6 Å². The monoisotopic (exact) mass is 433 g/mol. The summed E-state index contributed by atoms with van der Waals surface area (Å²) in [5, 5.41) is 3.64. The minimum Gasteiger partial charge on any atom is -0.384 e. The van der Waals surface area contributed by atoms with Gasteiger partial charge >= 0.3 is 0 Å². The summed E-state index contributed by atoms with van der Waals surface area (Å²) >= 11 is 9.30. The predicted molar refractivity (Wildman–Crippen MR) is 117 cm³/mol. The average Bonchev–Trinajstić information content (AvgIpc) is 3.03.